The molecule has 1 aliphatic heterocycles. The molecular formula is C18H33N5. The molecule has 0 amide bonds. The van der Waals surface area contributed by atoms with Crippen LogP contribution in [-0.2, 0) is 6.54 Å². The summed E-state index contributed by atoms with van der Waals surface area (Å²) < 4.78 is 2.07. The predicted octanol–water partition coefficient (Wildman–Crippen LogP) is 2.93. The Bertz CT molecular complexity index is 504. The summed E-state index contributed by atoms with van der Waals surface area (Å²) in [5.41, 5.74) is 7.88. The number of aromatic nitrogens is 2. The fourth-order valence-electron chi connectivity index (χ4n) is 3.11. The third-order valence-corrected chi connectivity index (χ3v) is 4.08. The number of hydrogen-bond acceptors (Lipinski definition) is 4. The van der Waals surface area contributed by atoms with Crippen LogP contribution < -0.4 is 10.6 Å². The Balaban J connectivity index is 2.16. The molecule has 0 aromatic carbocycles. The van der Waals surface area contributed by atoms with Crippen LogP contribution in [0.3, 0.4) is 0 Å². The van der Waals surface area contributed by atoms with Gasteiger partial charge < -0.3 is 10.6 Å². The average Bonchev–Trinajstić information content (AvgIpc) is 2.78. The molecule has 0 bridgehead atoms. The molecule has 5 nitrogen and oxygen atoms in total. The molecule has 1 aliphatic rings. The number of hydrogen-bond donors (Lipinski definition) is 1. The van der Waals surface area contributed by atoms with E-state index in [0.717, 1.165) is 51.1 Å². The molecule has 0 saturated carbocycles. The first-order valence-electron chi connectivity index (χ1n) is 9.05. The molecule has 5 heteroatoms. The first kappa shape index (κ1) is 18.0. The lowest BCUT2D eigenvalue weighted by atomic mass is 10.1. The molecule has 130 valence electrons. The first-order valence-corrected chi connectivity index (χ1v) is 9.05. The second-order valence-electron chi connectivity index (χ2n) is 7.53. The summed E-state index contributed by atoms with van der Waals surface area (Å²) in [5, 5.41) is 4.75. The van der Waals surface area contributed by atoms with Gasteiger partial charge in [0.1, 0.15) is 5.69 Å². The Labute approximate surface area is 141 Å². The monoisotopic (exact) mass is 319 g/mol. The largest absolute Gasteiger partial charge is 0.366 e. The Morgan fingerprint density at radius 3 is 2.57 bits per heavy atom. The molecule has 1 atom stereocenters. The molecule has 2 N–H and O–H groups in total. The second kappa shape index (κ2) is 8.48. The Morgan fingerprint density at radius 1 is 1.17 bits per heavy atom. The van der Waals surface area contributed by atoms with Crippen molar-refractivity contribution < 1.29 is 0 Å². The molecular weight excluding hydrogens is 286 g/mol. The number of fused-ring (bicyclic) bond motifs is 1. The summed E-state index contributed by atoms with van der Waals surface area (Å²) in [7, 11) is 0. The van der Waals surface area contributed by atoms with Gasteiger partial charge in [0.25, 0.3) is 0 Å². The number of unbranched alkanes of at least 4 members (excludes halogenated alkanes) is 1. The lowest BCUT2D eigenvalue weighted by molar-refractivity contribution is 0.481. The maximum atomic E-state index is 5.62. The number of nitrogens with two attached hydrogens (primary N) is 1. The third-order valence-electron chi connectivity index (χ3n) is 4.08. The minimum atomic E-state index is 0.355. The fraction of sp³-hybridized carbons (Fsp3) is 0.778. The van der Waals surface area contributed by atoms with E-state index in [2.05, 4.69) is 43.5 Å². The normalized spacial score (nSPS) is 17.9. The number of nitrogens with zero attached hydrogens (tertiary/aromatic N) is 4. The van der Waals surface area contributed by atoms with Crippen molar-refractivity contribution in [1.82, 2.24) is 9.78 Å². The zero-order valence-corrected chi connectivity index (χ0v) is 15.2. The van der Waals surface area contributed by atoms with Crippen LogP contribution >= 0.6 is 0 Å². The predicted molar refractivity (Wildman–Crippen MR) is 98.4 cm³/mol. The van der Waals surface area contributed by atoms with Gasteiger partial charge in [0.2, 0.25) is 0 Å². The number of anilines is 1. The van der Waals surface area contributed by atoms with E-state index in [1.54, 1.807) is 0 Å². The van der Waals surface area contributed by atoms with Crippen LogP contribution in [0.2, 0.25) is 0 Å². The van der Waals surface area contributed by atoms with E-state index in [1.165, 1.54) is 5.69 Å². The highest BCUT2D eigenvalue weighted by Crippen LogP contribution is 2.24. The van der Waals surface area contributed by atoms with Gasteiger partial charge in [0, 0.05) is 25.8 Å². The van der Waals surface area contributed by atoms with Gasteiger partial charge in [0.15, 0.2) is 0 Å². The van der Waals surface area contributed by atoms with Crippen LogP contribution in [0.15, 0.2) is 11.2 Å². The van der Waals surface area contributed by atoms with Gasteiger partial charge >= 0.3 is 0 Å². The molecule has 0 aliphatic carbocycles. The Morgan fingerprint density at radius 2 is 1.91 bits per heavy atom. The SMILES string of the molecule is CC(C)CN1C[C@H](CCCCN)N=Cc2nn(CC(C)C)cc21. The van der Waals surface area contributed by atoms with Gasteiger partial charge in [-0.15, -0.1) is 0 Å². The smallest absolute Gasteiger partial charge is 0.126 e. The van der Waals surface area contributed by atoms with E-state index < -0.39 is 0 Å². The van der Waals surface area contributed by atoms with E-state index in [4.69, 9.17) is 15.8 Å². The highest BCUT2D eigenvalue weighted by atomic mass is 15.3. The summed E-state index contributed by atoms with van der Waals surface area (Å²) in [4.78, 5) is 7.28. The lowest BCUT2D eigenvalue weighted by Crippen LogP contribution is -2.34. The molecule has 0 saturated heterocycles. The second-order valence-corrected chi connectivity index (χ2v) is 7.53. The van der Waals surface area contributed by atoms with Crippen LogP contribution in [0.1, 0.15) is 52.7 Å². The van der Waals surface area contributed by atoms with Gasteiger partial charge in [0.05, 0.1) is 17.9 Å². The Kier molecular flexibility index (Phi) is 6.63. The molecule has 0 unspecified atom stereocenters. The number of aliphatic imine (C=N–C) groups is 1. The van der Waals surface area contributed by atoms with E-state index in [1.807, 2.05) is 6.21 Å². The van der Waals surface area contributed by atoms with E-state index in [9.17, 15) is 0 Å². The molecule has 0 spiro atoms. The first-order chi connectivity index (χ1) is 11.0. The standard InChI is InChI=1S/C18H33N5/c1-14(2)10-22-12-16(7-5-6-8-19)20-9-17-18(22)13-23(21-17)11-15(3)4/h9,13-16H,5-8,10-12,19H2,1-4H3/t16-/m0/s1. The van der Waals surface area contributed by atoms with Gasteiger partial charge in [-0.3, -0.25) is 9.67 Å². The van der Waals surface area contributed by atoms with E-state index >= 15 is 0 Å². The van der Waals surface area contributed by atoms with Crippen molar-refractivity contribution in [3.8, 4) is 0 Å². The summed E-state index contributed by atoms with van der Waals surface area (Å²) in [6, 6.07) is 0.355. The molecule has 1 aromatic heterocycles. The van der Waals surface area contributed by atoms with Crippen LogP contribution in [0.4, 0.5) is 5.69 Å². The highest BCUT2D eigenvalue weighted by molar-refractivity contribution is 5.86. The molecule has 0 radical (unpaired) electrons. The summed E-state index contributed by atoms with van der Waals surface area (Å²) in [5.74, 6) is 1.22. The van der Waals surface area contributed by atoms with E-state index in [-0.39, 0.29) is 0 Å². The van der Waals surface area contributed by atoms with Gasteiger partial charge in [-0.2, -0.15) is 5.10 Å². The van der Waals surface area contributed by atoms with Crippen molar-refractivity contribution in [2.24, 2.45) is 22.6 Å². The summed E-state index contributed by atoms with van der Waals surface area (Å²) in [6.07, 6.45) is 7.53. The Hall–Kier alpha value is -1.36. The van der Waals surface area contributed by atoms with Crippen molar-refractivity contribution in [2.75, 3.05) is 24.5 Å². The zero-order valence-electron chi connectivity index (χ0n) is 15.2. The van der Waals surface area contributed by atoms with E-state index in [0.29, 0.717) is 17.9 Å². The van der Waals surface area contributed by atoms with Crippen LogP contribution in [0.5, 0.6) is 0 Å². The highest BCUT2D eigenvalue weighted by Gasteiger charge is 2.22. The van der Waals surface area contributed by atoms with Crippen molar-refractivity contribution in [2.45, 2.75) is 59.5 Å². The van der Waals surface area contributed by atoms with Gasteiger partial charge in [-0.1, -0.05) is 34.1 Å². The quantitative estimate of drug-likeness (QED) is 0.750. The number of rotatable bonds is 8. The average molecular weight is 319 g/mol. The van der Waals surface area contributed by atoms with Gasteiger partial charge in [-0.25, -0.2) is 0 Å². The topological polar surface area (TPSA) is 59.4 Å². The van der Waals surface area contributed by atoms with Crippen LogP contribution in [0.25, 0.3) is 0 Å². The molecule has 23 heavy (non-hydrogen) atoms. The summed E-state index contributed by atoms with van der Waals surface area (Å²) >= 11 is 0. The van der Waals surface area contributed by atoms with Crippen molar-refractivity contribution in [3.63, 3.8) is 0 Å². The molecule has 2 heterocycles. The van der Waals surface area contributed by atoms with Crippen molar-refractivity contribution in [3.05, 3.63) is 11.9 Å². The maximum Gasteiger partial charge on any atom is 0.126 e. The molecule has 1 aromatic rings. The third kappa shape index (κ3) is 5.34. The van der Waals surface area contributed by atoms with Gasteiger partial charge in [-0.05, 0) is 31.2 Å². The lowest BCUT2D eigenvalue weighted by Gasteiger charge is -2.27. The fourth-order valence-corrected chi connectivity index (χ4v) is 3.11. The minimum absolute atomic E-state index is 0.355. The van der Waals surface area contributed by atoms with Crippen molar-refractivity contribution >= 4 is 11.9 Å². The van der Waals surface area contributed by atoms with Crippen LogP contribution in [0, 0.1) is 11.8 Å². The molecule has 0 fully saturated rings. The van der Waals surface area contributed by atoms with Crippen LogP contribution in [-0.4, -0.2) is 41.7 Å². The molecule has 2 rings (SSSR count). The maximum absolute atomic E-state index is 5.62. The minimum Gasteiger partial charge on any atom is -0.366 e. The van der Waals surface area contributed by atoms with Crippen molar-refractivity contribution in [1.29, 1.82) is 0 Å². The summed E-state index contributed by atoms with van der Waals surface area (Å²) in [6.45, 7) is 12.8. The zero-order chi connectivity index (χ0) is 16.8.